The van der Waals surface area contributed by atoms with Crippen LogP contribution in [0.4, 0.5) is 13.2 Å². The van der Waals surface area contributed by atoms with E-state index in [4.69, 9.17) is 0 Å². The van der Waals surface area contributed by atoms with Gasteiger partial charge in [-0.15, -0.1) is 0 Å². The summed E-state index contributed by atoms with van der Waals surface area (Å²) in [5.74, 6) is 0.692. The molecule has 0 saturated heterocycles. The average Bonchev–Trinajstić information content (AvgIpc) is 2.83. The molecule has 0 fully saturated rings. The molecule has 0 bridgehead atoms. The predicted octanol–water partition coefficient (Wildman–Crippen LogP) is 3.98. The van der Waals surface area contributed by atoms with Crippen LogP contribution in [0.15, 0.2) is 30.5 Å². The molecule has 2 aromatic rings. The summed E-state index contributed by atoms with van der Waals surface area (Å²) in [6, 6.07) is 5.20. The van der Waals surface area contributed by atoms with Crippen molar-refractivity contribution in [1.29, 1.82) is 0 Å². The van der Waals surface area contributed by atoms with Crippen molar-refractivity contribution in [3.8, 4) is 11.3 Å². The van der Waals surface area contributed by atoms with Crippen LogP contribution in [0.1, 0.15) is 32.2 Å². The van der Waals surface area contributed by atoms with Crippen LogP contribution >= 0.6 is 0 Å². The Bertz CT molecular complexity index is 609. The van der Waals surface area contributed by atoms with E-state index >= 15 is 0 Å². The summed E-state index contributed by atoms with van der Waals surface area (Å²) in [6.07, 6.45) is -2.79. The second-order valence-electron chi connectivity index (χ2n) is 5.93. The van der Waals surface area contributed by atoms with E-state index in [0.717, 1.165) is 12.1 Å². The standard InChI is InChI=1S/C15H18F3N3/c1-14(2,3)20-9-13-19-8-12(21-13)10-5-4-6-11(7-10)15(16,17)18/h4-8,20H,9H2,1-3H3,(H,19,21). The molecule has 21 heavy (non-hydrogen) atoms. The first kappa shape index (κ1) is 15.6. The molecular weight excluding hydrogens is 279 g/mol. The number of rotatable bonds is 3. The highest BCUT2D eigenvalue weighted by atomic mass is 19.4. The van der Waals surface area contributed by atoms with Crippen molar-refractivity contribution < 1.29 is 13.2 Å². The molecule has 0 aliphatic carbocycles. The highest BCUT2D eigenvalue weighted by Gasteiger charge is 2.30. The normalized spacial score (nSPS) is 12.7. The fraction of sp³-hybridized carbons (Fsp3) is 0.400. The lowest BCUT2D eigenvalue weighted by molar-refractivity contribution is -0.137. The fourth-order valence-electron chi connectivity index (χ4n) is 1.81. The topological polar surface area (TPSA) is 40.7 Å². The highest BCUT2D eigenvalue weighted by molar-refractivity contribution is 5.59. The average molecular weight is 297 g/mol. The molecule has 3 nitrogen and oxygen atoms in total. The van der Waals surface area contributed by atoms with Crippen LogP contribution in [0.25, 0.3) is 11.3 Å². The van der Waals surface area contributed by atoms with E-state index < -0.39 is 11.7 Å². The lowest BCUT2D eigenvalue weighted by Crippen LogP contribution is -2.35. The first-order valence-corrected chi connectivity index (χ1v) is 6.62. The Kier molecular flexibility index (Phi) is 4.09. The van der Waals surface area contributed by atoms with Crippen molar-refractivity contribution >= 4 is 0 Å². The summed E-state index contributed by atoms with van der Waals surface area (Å²) < 4.78 is 38.1. The fourth-order valence-corrected chi connectivity index (χ4v) is 1.81. The van der Waals surface area contributed by atoms with E-state index in [9.17, 15) is 13.2 Å². The first-order valence-electron chi connectivity index (χ1n) is 6.62. The van der Waals surface area contributed by atoms with Gasteiger partial charge < -0.3 is 10.3 Å². The molecule has 0 atom stereocenters. The van der Waals surface area contributed by atoms with Crippen LogP contribution in [0.3, 0.4) is 0 Å². The first-order chi connectivity index (χ1) is 9.65. The van der Waals surface area contributed by atoms with Crippen LogP contribution in [0.5, 0.6) is 0 Å². The van der Waals surface area contributed by atoms with Gasteiger partial charge in [-0.25, -0.2) is 4.98 Å². The molecular formula is C15H18F3N3. The van der Waals surface area contributed by atoms with Gasteiger partial charge in [-0.1, -0.05) is 12.1 Å². The second-order valence-corrected chi connectivity index (χ2v) is 5.93. The number of nitrogens with one attached hydrogen (secondary N) is 2. The van der Waals surface area contributed by atoms with Gasteiger partial charge in [0.25, 0.3) is 0 Å². The minimum absolute atomic E-state index is 0.0524. The Labute approximate surface area is 121 Å². The summed E-state index contributed by atoms with van der Waals surface area (Å²) in [4.78, 5) is 7.23. The number of H-pyrrole nitrogens is 1. The van der Waals surface area contributed by atoms with Gasteiger partial charge in [-0.2, -0.15) is 13.2 Å². The Hall–Kier alpha value is -1.82. The Morgan fingerprint density at radius 1 is 1.19 bits per heavy atom. The molecule has 0 unspecified atom stereocenters. The Balaban J connectivity index is 2.18. The maximum absolute atomic E-state index is 12.7. The van der Waals surface area contributed by atoms with Crippen LogP contribution in [-0.4, -0.2) is 15.5 Å². The zero-order valence-corrected chi connectivity index (χ0v) is 12.2. The van der Waals surface area contributed by atoms with Gasteiger partial charge in [0, 0.05) is 11.1 Å². The van der Waals surface area contributed by atoms with Gasteiger partial charge in [0.1, 0.15) is 5.82 Å². The molecule has 2 N–H and O–H groups in total. The number of halogens is 3. The summed E-state index contributed by atoms with van der Waals surface area (Å²) in [5.41, 5.74) is 0.332. The van der Waals surface area contributed by atoms with E-state index in [0.29, 0.717) is 23.6 Å². The largest absolute Gasteiger partial charge is 0.416 e. The molecule has 1 heterocycles. The molecule has 0 radical (unpaired) electrons. The summed E-state index contributed by atoms with van der Waals surface area (Å²) in [5, 5.41) is 3.26. The third-order valence-corrected chi connectivity index (χ3v) is 2.92. The van der Waals surface area contributed by atoms with Crippen molar-refractivity contribution in [2.24, 2.45) is 0 Å². The Morgan fingerprint density at radius 2 is 1.90 bits per heavy atom. The van der Waals surface area contributed by atoms with Gasteiger partial charge >= 0.3 is 6.18 Å². The van der Waals surface area contributed by atoms with Crippen molar-refractivity contribution in [2.45, 2.75) is 39.0 Å². The molecule has 0 spiro atoms. The van der Waals surface area contributed by atoms with Gasteiger partial charge in [-0.3, -0.25) is 0 Å². The third-order valence-electron chi connectivity index (χ3n) is 2.92. The number of alkyl halides is 3. The van der Waals surface area contributed by atoms with Gasteiger partial charge in [0.15, 0.2) is 0 Å². The van der Waals surface area contributed by atoms with Gasteiger partial charge in [-0.05, 0) is 32.9 Å². The molecule has 0 saturated carbocycles. The van der Waals surface area contributed by atoms with Crippen LogP contribution < -0.4 is 5.32 Å². The Morgan fingerprint density at radius 3 is 2.52 bits per heavy atom. The van der Waals surface area contributed by atoms with Crippen LogP contribution in [0.2, 0.25) is 0 Å². The molecule has 6 heteroatoms. The molecule has 0 aliphatic rings. The van der Waals surface area contributed by atoms with Gasteiger partial charge in [0.05, 0.1) is 24.0 Å². The van der Waals surface area contributed by atoms with Gasteiger partial charge in [0.2, 0.25) is 0 Å². The molecule has 114 valence electrons. The highest BCUT2D eigenvalue weighted by Crippen LogP contribution is 2.31. The maximum atomic E-state index is 12.7. The molecule has 0 amide bonds. The number of hydrogen-bond donors (Lipinski definition) is 2. The summed E-state index contributed by atoms with van der Waals surface area (Å²) in [6.45, 7) is 6.62. The summed E-state index contributed by atoms with van der Waals surface area (Å²) in [7, 11) is 0. The summed E-state index contributed by atoms with van der Waals surface area (Å²) >= 11 is 0. The molecule has 0 aliphatic heterocycles. The zero-order chi connectivity index (χ0) is 15.7. The smallest absolute Gasteiger partial charge is 0.341 e. The van der Waals surface area contributed by atoms with E-state index in [1.54, 1.807) is 12.3 Å². The monoisotopic (exact) mass is 297 g/mol. The lowest BCUT2D eigenvalue weighted by atomic mass is 10.1. The van der Waals surface area contributed by atoms with E-state index in [1.807, 2.05) is 20.8 Å². The lowest BCUT2D eigenvalue weighted by Gasteiger charge is -2.19. The number of nitrogens with zero attached hydrogens (tertiary/aromatic N) is 1. The number of aromatic amines is 1. The quantitative estimate of drug-likeness (QED) is 0.899. The van der Waals surface area contributed by atoms with Crippen molar-refractivity contribution in [3.63, 3.8) is 0 Å². The molecule has 2 rings (SSSR count). The van der Waals surface area contributed by atoms with E-state index in [1.165, 1.54) is 6.07 Å². The molecule has 1 aromatic heterocycles. The number of aromatic nitrogens is 2. The number of hydrogen-bond acceptors (Lipinski definition) is 2. The zero-order valence-electron chi connectivity index (χ0n) is 12.2. The minimum Gasteiger partial charge on any atom is -0.341 e. The minimum atomic E-state index is -4.34. The van der Waals surface area contributed by atoms with Crippen molar-refractivity contribution in [3.05, 3.63) is 41.9 Å². The third kappa shape index (κ3) is 4.32. The van der Waals surface area contributed by atoms with E-state index in [-0.39, 0.29) is 5.54 Å². The van der Waals surface area contributed by atoms with Crippen molar-refractivity contribution in [1.82, 2.24) is 15.3 Å². The number of benzene rings is 1. The predicted molar refractivity (Wildman–Crippen MR) is 75.6 cm³/mol. The SMILES string of the molecule is CC(C)(C)NCc1ncc(-c2cccc(C(F)(F)F)c2)[nH]1. The second kappa shape index (κ2) is 5.52. The maximum Gasteiger partial charge on any atom is 0.416 e. The molecule has 1 aromatic carbocycles. The van der Waals surface area contributed by atoms with Crippen LogP contribution in [-0.2, 0) is 12.7 Å². The number of imidazole rings is 1. The van der Waals surface area contributed by atoms with Crippen LogP contribution in [0, 0.1) is 0 Å². The van der Waals surface area contributed by atoms with Crippen molar-refractivity contribution in [2.75, 3.05) is 0 Å². The van der Waals surface area contributed by atoms with E-state index in [2.05, 4.69) is 15.3 Å².